The van der Waals surface area contributed by atoms with Crippen LogP contribution in [0, 0.1) is 0 Å². The molecule has 3 heterocycles. The fourth-order valence-corrected chi connectivity index (χ4v) is 2.17. The first kappa shape index (κ1) is 9.47. The smallest absolute Gasteiger partial charge is 0.283 e. The first-order valence-electron chi connectivity index (χ1n) is 5.08. The van der Waals surface area contributed by atoms with Crippen molar-refractivity contribution in [1.29, 1.82) is 0 Å². The summed E-state index contributed by atoms with van der Waals surface area (Å²) in [6.07, 6.45) is 3.18. The lowest BCUT2D eigenvalue weighted by molar-refractivity contribution is -0.131. The lowest BCUT2D eigenvalue weighted by Crippen LogP contribution is -2.33. The highest BCUT2D eigenvalue weighted by Crippen LogP contribution is 2.53. The van der Waals surface area contributed by atoms with Gasteiger partial charge in [-0.2, -0.15) is 5.10 Å². The van der Waals surface area contributed by atoms with Crippen molar-refractivity contribution in [2.45, 2.75) is 18.6 Å². The van der Waals surface area contributed by atoms with Crippen molar-refractivity contribution in [2.75, 3.05) is 7.05 Å². The summed E-state index contributed by atoms with van der Waals surface area (Å²) in [6, 6.07) is 3.72. The summed E-state index contributed by atoms with van der Waals surface area (Å²) >= 11 is 0. The van der Waals surface area contributed by atoms with Gasteiger partial charge in [0.15, 0.2) is 0 Å². The highest BCUT2D eigenvalue weighted by molar-refractivity contribution is 6.17. The van der Waals surface area contributed by atoms with Gasteiger partial charge in [-0.25, -0.2) is 5.01 Å². The zero-order valence-electron chi connectivity index (χ0n) is 9.04. The number of pyridine rings is 1. The van der Waals surface area contributed by atoms with Crippen molar-refractivity contribution < 1.29 is 9.53 Å². The summed E-state index contributed by atoms with van der Waals surface area (Å²) in [5.41, 5.74) is 0.853. The summed E-state index contributed by atoms with van der Waals surface area (Å²) in [4.78, 5) is 15.9. The van der Waals surface area contributed by atoms with Crippen molar-refractivity contribution in [1.82, 2.24) is 9.99 Å². The number of amides is 1. The molecule has 2 aliphatic heterocycles. The Morgan fingerprint density at radius 3 is 2.69 bits per heavy atom. The minimum atomic E-state index is -0.837. The molecule has 1 saturated heterocycles. The zero-order chi connectivity index (χ0) is 11.3. The van der Waals surface area contributed by atoms with E-state index < -0.39 is 5.60 Å². The molecule has 1 aromatic rings. The molecule has 1 aromatic heterocycles. The Balaban J connectivity index is 1.96. The van der Waals surface area contributed by atoms with E-state index in [1.165, 1.54) is 5.01 Å². The number of likely N-dealkylation sites (N-methyl/N-ethyl adjacent to an activating group) is 1. The van der Waals surface area contributed by atoms with Crippen LogP contribution in [0.5, 0.6) is 0 Å². The van der Waals surface area contributed by atoms with Crippen molar-refractivity contribution in [3.8, 4) is 0 Å². The number of carbonyl (C=O) groups is 1. The van der Waals surface area contributed by atoms with E-state index in [-0.39, 0.29) is 12.0 Å². The predicted molar refractivity (Wildman–Crippen MR) is 56.7 cm³/mol. The van der Waals surface area contributed by atoms with Gasteiger partial charge < -0.3 is 4.74 Å². The molecular weight excluding hydrogens is 206 g/mol. The van der Waals surface area contributed by atoms with Gasteiger partial charge in [0.1, 0.15) is 6.10 Å². The van der Waals surface area contributed by atoms with Crippen LogP contribution < -0.4 is 0 Å². The van der Waals surface area contributed by atoms with Crippen LogP contribution in [0.3, 0.4) is 0 Å². The van der Waals surface area contributed by atoms with Crippen molar-refractivity contribution >= 4 is 11.6 Å². The lowest BCUT2D eigenvalue weighted by atomic mass is 9.96. The maximum Gasteiger partial charge on any atom is 0.283 e. The molecule has 0 aromatic carbocycles. The average molecular weight is 217 g/mol. The van der Waals surface area contributed by atoms with Gasteiger partial charge in [-0.15, -0.1) is 0 Å². The number of rotatable bonds is 1. The maximum absolute atomic E-state index is 12.0. The molecule has 0 aliphatic carbocycles. The Labute approximate surface area is 92.7 Å². The highest BCUT2D eigenvalue weighted by Gasteiger charge is 2.69. The van der Waals surface area contributed by atoms with Gasteiger partial charge in [0.05, 0.1) is 5.71 Å². The SMILES string of the molecule is CC1=NN(C)C(=O)C12OC2c1ccncc1. The van der Waals surface area contributed by atoms with Crippen molar-refractivity contribution in [2.24, 2.45) is 5.10 Å². The van der Waals surface area contributed by atoms with Gasteiger partial charge >= 0.3 is 0 Å². The van der Waals surface area contributed by atoms with Gasteiger partial charge in [0.2, 0.25) is 5.60 Å². The molecule has 1 spiro atoms. The molecule has 5 heteroatoms. The summed E-state index contributed by atoms with van der Waals surface area (Å²) in [7, 11) is 1.64. The molecule has 1 amide bonds. The topological polar surface area (TPSA) is 58.1 Å². The minimum Gasteiger partial charge on any atom is -0.344 e. The first-order chi connectivity index (χ1) is 7.66. The molecule has 0 saturated carbocycles. The van der Waals surface area contributed by atoms with Gasteiger partial charge in [-0.05, 0) is 24.6 Å². The number of aromatic nitrogens is 1. The average Bonchev–Trinajstić information content (AvgIpc) is 3.01. The van der Waals surface area contributed by atoms with Gasteiger partial charge in [0, 0.05) is 19.4 Å². The van der Waals surface area contributed by atoms with Gasteiger partial charge in [-0.3, -0.25) is 9.78 Å². The molecule has 2 aliphatic rings. The highest BCUT2D eigenvalue weighted by atomic mass is 16.6. The third-order valence-corrected chi connectivity index (χ3v) is 3.07. The van der Waals surface area contributed by atoms with Crippen molar-refractivity contribution in [3.05, 3.63) is 30.1 Å². The van der Waals surface area contributed by atoms with Crippen LogP contribution in [0.1, 0.15) is 18.6 Å². The van der Waals surface area contributed by atoms with Crippen LogP contribution in [0.15, 0.2) is 29.6 Å². The van der Waals surface area contributed by atoms with E-state index in [4.69, 9.17) is 4.74 Å². The monoisotopic (exact) mass is 217 g/mol. The number of hydrogen-bond acceptors (Lipinski definition) is 4. The summed E-state index contributed by atoms with van der Waals surface area (Å²) in [5.74, 6) is -0.0909. The largest absolute Gasteiger partial charge is 0.344 e. The molecule has 0 bridgehead atoms. The quantitative estimate of drug-likeness (QED) is 0.652. The third-order valence-electron chi connectivity index (χ3n) is 3.07. The molecule has 1 fully saturated rings. The van der Waals surface area contributed by atoms with Crippen LogP contribution in [-0.2, 0) is 9.53 Å². The van der Waals surface area contributed by atoms with E-state index in [0.717, 1.165) is 11.3 Å². The van der Waals surface area contributed by atoms with Gasteiger partial charge in [-0.1, -0.05) is 0 Å². The van der Waals surface area contributed by atoms with E-state index >= 15 is 0 Å². The second-order valence-electron chi connectivity index (χ2n) is 4.03. The number of epoxide rings is 1. The zero-order valence-corrected chi connectivity index (χ0v) is 9.04. The van der Waals surface area contributed by atoms with Crippen LogP contribution in [-0.4, -0.2) is 34.3 Å². The van der Waals surface area contributed by atoms with Crippen LogP contribution >= 0.6 is 0 Å². The van der Waals surface area contributed by atoms with E-state index in [1.807, 2.05) is 19.1 Å². The number of nitrogens with zero attached hydrogens (tertiary/aromatic N) is 3. The van der Waals surface area contributed by atoms with Crippen molar-refractivity contribution in [3.63, 3.8) is 0 Å². The number of hydrogen-bond donors (Lipinski definition) is 0. The molecular formula is C11H11N3O2. The second-order valence-corrected chi connectivity index (χ2v) is 4.03. The second kappa shape index (κ2) is 2.89. The first-order valence-corrected chi connectivity index (χ1v) is 5.08. The fraction of sp³-hybridized carbons (Fsp3) is 0.364. The predicted octanol–water partition coefficient (Wildman–Crippen LogP) is 0.740. The molecule has 5 nitrogen and oxygen atoms in total. The van der Waals surface area contributed by atoms with E-state index in [2.05, 4.69) is 10.1 Å². The molecule has 16 heavy (non-hydrogen) atoms. The molecule has 2 unspecified atom stereocenters. The van der Waals surface area contributed by atoms with E-state index in [0.29, 0.717) is 0 Å². The minimum absolute atomic E-state index is 0.0909. The Hall–Kier alpha value is -1.75. The van der Waals surface area contributed by atoms with E-state index in [1.54, 1.807) is 19.4 Å². The number of carbonyl (C=O) groups excluding carboxylic acids is 1. The van der Waals surface area contributed by atoms with Crippen LogP contribution in [0.4, 0.5) is 0 Å². The Morgan fingerprint density at radius 2 is 2.12 bits per heavy atom. The molecule has 0 N–H and O–H groups in total. The Morgan fingerprint density at radius 1 is 1.44 bits per heavy atom. The Bertz CT molecular complexity index is 485. The molecule has 3 rings (SSSR count). The Kier molecular flexibility index (Phi) is 1.71. The summed E-state index contributed by atoms with van der Waals surface area (Å²) in [6.45, 7) is 1.82. The van der Waals surface area contributed by atoms with Crippen LogP contribution in [0.25, 0.3) is 0 Å². The van der Waals surface area contributed by atoms with Crippen LogP contribution in [0.2, 0.25) is 0 Å². The molecule has 0 radical (unpaired) electrons. The van der Waals surface area contributed by atoms with Gasteiger partial charge in [0.25, 0.3) is 5.91 Å². The molecule has 2 atom stereocenters. The lowest BCUT2D eigenvalue weighted by Gasteiger charge is -2.05. The third kappa shape index (κ3) is 1.01. The molecule has 82 valence electrons. The number of ether oxygens (including phenoxy) is 1. The normalized spacial score (nSPS) is 32.1. The maximum atomic E-state index is 12.0. The fourth-order valence-electron chi connectivity index (χ4n) is 2.17. The summed E-state index contributed by atoms with van der Waals surface area (Å²) in [5, 5.41) is 5.46. The summed E-state index contributed by atoms with van der Waals surface area (Å²) < 4.78 is 5.60. The number of hydrazone groups is 1. The standard InChI is InChI=1S/C11H11N3O2/c1-7-11(10(15)14(2)13-7)9(16-11)8-3-5-12-6-4-8/h3-6,9H,1-2H3. The van der Waals surface area contributed by atoms with E-state index in [9.17, 15) is 4.79 Å².